The first kappa shape index (κ1) is 8.99. The quantitative estimate of drug-likeness (QED) is 0.726. The van der Waals surface area contributed by atoms with E-state index in [9.17, 15) is 0 Å². The van der Waals surface area contributed by atoms with E-state index in [4.69, 9.17) is 4.74 Å². The van der Waals surface area contributed by atoms with Gasteiger partial charge < -0.3 is 9.30 Å². The van der Waals surface area contributed by atoms with Crippen molar-refractivity contribution in [1.29, 1.82) is 0 Å². The van der Waals surface area contributed by atoms with Crippen LogP contribution in [0.25, 0.3) is 11.0 Å². The SMILES string of the molecule is CCn1cc(C)c2nncc(OC)c21. The predicted molar refractivity (Wildman–Crippen MR) is 54.5 cm³/mol. The van der Waals surface area contributed by atoms with Gasteiger partial charge in [0.05, 0.1) is 13.3 Å². The highest BCUT2D eigenvalue weighted by Gasteiger charge is 2.10. The Hall–Kier alpha value is -1.58. The standard InChI is InChI=1S/C10H13N3O/c1-4-13-6-7(2)9-10(13)8(14-3)5-11-12-9/h5-6H,4H2,1-3H3. The Morgan fingerprint density at radius 2 is 2.29 bits per heavy atom. The van der Waals surface area contributed by atoms with Crippen molar-refractivity contribution in [3.05, 3.63) is 18.0 Å². The maximum absolute atomic E-state index is 5.26. The summed E-state index contributed by atoms with van der Waals surface area (Å²) in [5, 5.41) is 8.01. The fourth-order valence-corrected chi connectivity index (χ4v) is 1.67. The van der Waals surface area contributed by atoms with E-state index in [-0.39, 0.29) is 0 Å². The number of methoxy groups -OCH3 is 1. The molecule has 0 aliphatic carbocycles. The average molecular weight is 191 g/mol. The molecule has 0 atom stereocenters. The molecule has 0 N–H and O–H groups in total. The van der Waals surface area contributed by atoms with E-state index in [1.807, 2.05) is 6.92 Å². The number of hydrogen-bond donors (Lipinski definition) is 0. The van der Waals surface area contributed by atoms with Gasteiger partial charge in [0.15, 0.2) is 5.75 Å². The Labute approximate surface area is 82.5 Å². The lowest BCUT2D eigenvalue weighted by Crippen LogP contribution is -1.95. The molecule has 74 valence electrons. The maximum atomic E-state index is 5.26. The minimum atomic E-state index is 0.782. The lowest BCUT2D eigenvalue weighted by molar-refractivity contribution is 0.414. The molecule has 2 heterocycles. The monoisotopic (exact) mass is 191 g/mol. The molecule has 4 heteroatoms. The second kappa shape index (κ2) is 3.29. The Bertz CT molecular complexity index is 462. The van der Waals surface area contributed by atoms with E-state index in [1.54, 1.807) is 13.3 Å². The third kappa shape index (κ3) is 1.14. The Kier molecular flexibility index (Phi) is 2.11. The number of aryl methyl sites for hydroxylation is 2. The highest BCUT2D eigenvalue weighted by atomic mass is 16.5. The zero-order valence-electron chi connectivity index (χ0n) is 8.61. The molecule has 2 aromatic rings. The molecule has 14 heavy (non-hydrogen) atoms. The smallest absolute Gasteiger partial charge is 0.164 e. The molecule has 0 aromatic carbocycles. The van der Waals surface area contributed by atoms with Crippen LogP contribution in [0.15, 0.2) is 12.4 Å². The van der Waals surface area contributed by atoms with Crippen LogP contribution in [0.3, 0.4) is 0 Å². The van der Waals surface area contributed by atoms with Gasteiger partial charge in [-0.15, -0.1) is 5.10 Å². The van der Waals surface area contributed by atoms with Gasteiger partial charge in [0.1, 0.15) is 11.0 Å². The highest BCUT2D eigenvalue weighted by molar-refractivity contribution is 5.84. The van der Waals surface area contributed by atoms with Crippen molar-refractivity contribution >= 4 is 11.0 Å². The fraction of sp³-hybridized carbons (Fsp3) is 0.400. The molecule has 2 aromatic heterocycles. The second-order valence-corrected chi connectivity index (χ2v) is 3.21. The number of aromatic nitrogens is 3. The van der Waals surface area contributed by atoms with Crippen LogP contribution in [0.5, 0.6) is 5.75 Å². The molecular formula is C10H13N3O. The number of fused-ring (bicyclic) bond motifs is 1. The zero-order chi connectivity index (χ0) is 10.1. The third-order valence-corrected chi connectivity index (χ3v) is 2.36. The number of nitrogens with zero attached hydrogens (tertiary/aromatic N) is 3. The van der Waals surface area contributed by atoms with E-state index in [0.29, 0.717) is 0 Å². The summed E-state index contributed by atoms with van der Waals surface area (Å²) >= 11 is 0. The van der Waals surface area contributed by atoms with Crippen molar-refractivity contribution in [2.45, 2.75) is 20.4 Å². The van der Waals surface area contributed by atoms with Crippen LogP contribution in [0.1, 0.15) is 12.5 Å². The Morgan fingerprint density at radius 1 is 1.50 bits per heavy atom. The summed E-state index contributed by atoms with van der Waals surface area (Å²) < 4.78 is 7.38. The number of rotatable bonds is 2. The van der Waals surface area contributed by atoms with Gasteiger partial charge in [-0.1, -0.05) is 0 Å². The summed E-state index contributed by atoms with van der Waals surface area (Å²) in [6.07, 6.45) is 3.72. The minimum Gasteiger partial charge on any atom is -0.493 e. The summed E-state index contributed by atoms with van der Waals surface area (Å²) in [6, 6.07) is 0. The van der Waals surface area contributed by atoms with Gasteiger partial charge in [-0.2, -0.15) is 5.10 Å². The van der Waals surface area contributed by atoms with Crippen LogP contribution in [0.4, 0.5) is 0 Å². The Balaban J connectivity index is 2.82. The average Bonchev–Trinajstić information content (AvgIpc) is 2.56. The first-order valence-corrected chi connectivity index (χ1v) is 4.63. The molecule has 0 aliphatic rings. The maximum Gasteiger partial charge on any atom is 0.164 e. The minimum absolute atomic E-state index is 0.782. The summed E-state index contributed by atoms with van der Waals surface area (Å²) in [5.41, 5.74) is 3.09. The van der Waals surface area contributed by atoms with Crippen molar-refractivity contribution in [2.24, 2.45) is 0 Å². The summed E-state index contributed by atoms with van der Waals surface area (Å²) in [6.45, 7) is 5.04. The van der Waals surface area contributed by atoms with Crippen LogP contribution in [0, 0.1) is 6.92 Å². The van der Waals surface area contributed by atoms with Gasteiger partial charge in [-0.05, 0) is 19.4 Å². The van der Waals surface area contributed by atoms with Crippen LogP contribution < -0.4 is 4.74 Å². The van der Waals surface area contributed by atoms with Crippen LogP contribution in [-0.4, -0.2) is 21.9 Å². The van der Waals surface area contributed by atoms with E-state index in [1.165, 1.54) is 0 Å². The Morgan fingerprint density at radius 3 is 2.93 bits per heavy atom. The zero-order valence-corrected chi connectivity index (χ0v) is 8.61. The van der Waals surface area contributed by atoms with Gasteiger partial charge >= 0.3 is 0 Å². The van der Waals surface area contributed by atoms with Gasteiger partial charge in [0.2, 0.25) is 0 Å². The largest absolute Gasteiger partial charge is 0.493 e. The highest BCUT2D eigenvalue weighted by Crippen LogP contribution is 2.26. The van der Waals surface area contributed by atoms with Crippen molar-refractivity contribution in [3.63, 3.8) is 0 Å². The van der Waals surface area contributed by atoms with Gasteiger partial charge in [0.25, 0.3) is 0 Å². The molecule has 0 aliphatic heterocycles. The van der Waals surface area contributed by atoms with Gasteiger partial charge in [-0.25, -0.2) is 0 Å². The number of ether oxygens (including phenoxy) is 1. The van der Waals surface area contributed by atoms with Crippen molar-refractivity contribution < 1.29 is 4.74 Å². The molecule has 0 bridgehead atoms. The van der Waals surface area contributed by atoms with Crippen LogP contribution in [-0.2, 0) is 6.54 Å². The third-order valence-electron chi connectivity index (χ3n) is 2.36. The first-order valence-electron chi connectivity index (χ1n) is 4.63. The van der Waals surface area contributed by atoms with Gasteiger partial charge in [-0.3, -0.25) is 0 Å². The van der Waals surface area contributed by atoms with Gasteiger partial charge in [0, 0.05) is 12.7 Å². The lowest BCUT2D eigenvalue weighted by Gasteiger charge is -2.04. The molecule has 4 nitrogen and oxygen atoms in total. The molecular weight excluding hydrogens is 178 g/mol. The summed E-state index contributed by atoms with van der Waals surface area (Å²) in [4.78, 5) is 0. The first-order chi connectivity index (χ1) is 6.77. The second-order valence-electron chi connectivity index (χ2n) is 3.21. The normalized spacial score (nSPS) is 10.8. The summed E-state index contributed by atoms with van der Waals surface area (Å²) in [5.74, 6) is 0.782. The fourth-order valence-electron chi connectivity index (χ4n) is 1.67. The van der Waals surface area contributed by atoms with E-state index >= 15 is 0 Å². The van der Waals surface area contributed by atoms with E-state index < -0.39 is 0 Å². The van der Waals surface area contributed by atoms with E-state index in [2.05, 4.69) is 27.9 Å². The molecule has 0 saturated carbocycles. The lowest BCUT2D eigenvalue weighted by atomic mass is 10.3. The number of hydrogen-bond acceptors (Lipinski definition) is 3. The molecule has 0 amide bonds. The molecule has 0 saturated heterocycles. The molecule has 2 rings (SSSR count). The van der Waals surface area contributed by atoms with Crippen LogP contribution >= 0.6 is 0 Å². The topological polar surface area (TPSA) is 39.9 Å². The van der Waals surface area contributed by atoms with Crippen molar-refractivity contribution in [2.75, 3.05) is 7.11 Å². The van der Waals surface area contributed by atoms with Crippen molar-refractivity contribution in [3.8, 4) is 5.75 Å². The van der Waals surface area contributed by atoms with Crippen LogP contribution in [0.2, 0.25) is 0 Å². The molecule has 0 spiro atoms. The summed E-state index contributed by atoms with van der Waals surface area (Å²) in [7, 11) is 1.65. The van der Waals surface area contributed by atoms with E-state index in [0.717, 1.165) is 28.9 Å². The van der Waals surface area contributed by atoms with Crippen molar-refractivity contribution in [1.82, 2.24) is 14.8 Å². The predicted octanol–water partition coefficient (Wildman–Crippen LogP) is 1.77. The molecule has 0 radical (unpaired) electrons. The molecule has 0 unspecified atom stereocenters. The molecule has 0 fully saturated rings.